The van der Waals surface area contributed by atoms with E-state index < -0.39 is 12.0 Å². The van der Waals surface area contributed by atoms with E-state index in [4.69, 9.17) is 10.5 Å². The van der Waals surface area contributed by atoms with E-state index >= 15 is 0 Å². The predicted molar refractivity (Wildman–Crippen MR) is 145 cm³/mol. The lowest BCUT2D eigenvalue weighted by Crippen LogP contribution is -2.37. The number of amides is 2. The van der Waals surface area contributed by atoms with E-state index in [0.29, 0.717) is 23.2 Å². The number of nitrogens with one attached hydrogen (secondary N) is 1. The number of rotatable bonds is 11. The van der Waals surface area contributed by atoms with Crippen molar-refractivity contribution in [1.82, 2.24) is 0 Å². The van der Waals surface area contributed by atoms with Crippen molar-refractivity contribution in [2.45, 2.75) is 71.3 Å². The SMILES string of the molecule is COCC(CC(=O)O)c1ccc(NC(C(C)C)C2CCCCC2)c(N(C(N)=O)c2ccccc2C)c1. The maximum Gasteiger partial charge on any atom is 0.323 e. The van der Waals surface area contributed by atoms with Crippen molar-refractivity contribution in [3.8, 4) is 0 Å². The van der Waals surface area contributed by atoms with Crippen LogP contribution in [0.5, 0.6) is 0 Å². The van der Waals surface area contributed by atoms with E-state index in [1.165, 1.54) is 37.0 Å². The molecule has 36 heavy (non-hydrogen) atoms. The second kappa shape index (κ2) is 12.8. The zero-order chi connectivity index (χ0) is 26.2. The minimum Gasteiger partial charge on any atom is -0.481 e. The normalized spacial score (nSPS) is 15.9. The maximum absolute atomic E-state index is 12.9. The minimum absolute atomic E-state index is 0.0717. The zero-order valence-electron chi connectivity index (χ0n) is 22.0. The summed E-state index contributed by atoms with van der Waals surface area (Å²) in [5.74, 6) is -0.302. The highest BCUT2D eigenvalue weighted by molar-refractivity contribution is 6.02. The van der Waals surface area contributed by atoms with Crippen molar-refractivity contribution < 1.29 is 19.4 Å². The number of nitrogens with two attached hydrogens (primary N) is 1. The molecule has 1 saturated carbocycles. The van der Waals surface area contributed by atoms with Crippen LogP contribution in [0.15, 0.2) is 42.5 Å². The number of aliphatic carboxylic acids is 1. The van der Waals surface area contributed by atoms with Gasteiger partial charge in [-0.05, 0) is 60.9 Å². The summed E-state index contributed by atoms with van der Waals surface area (Å²) in [5, 5.41) is 13.3. The molecular weight excluding hydrogens is 454 g/mol. The maximum atomic E-state index is 12.9. The van der Waals surface area contributed by atoms with Crippen molar-refractivity contribution >= 4 is 29.1 Å². The number of aryl methyl sites for hydroxylation is 1. The van der Waals surface area contributed by atoms with Gasteiger partial charge in [-0.3, -0.25) is 9.69 Å². The molecule has 1 aliphatic carbocycles. The van der Waals surface area contributed by atoms with Crippen LogP contribution >= 0.6 is 0 Å². The van der Waals surface area contributed by atoms with Gasteiger partial charge in [0.25, 0.3) is 0 Å². The molecule has 7 heteroatoms. The van der Waals surface area contributed by atoms with Gasteiger partial charge < -0.3 is 20.9 Å². The summed E-state index contributed by atoms with van der Waals surface area (Å²) in [6.07, 6.45) is 6.08. The number of carboxylic acids is 1. The predicted octanol–water partition coefficient (Wildman–Crippen LogP) is 6.43. The number of carbonyl (C=O) groups excluding carboxylic acids is 1. The molecule has 7 nitrogen and oxygen atoms in total. The van der Waals surface area contributed by atoms with Crippen LogP contribution < -0.4 is 16.0 Å². The Morgan fingerprint density at radius 2 is 1.81 bits per heavy atom. The summed E-state index contributed by atoms with van der Waals surface area (Å²) in [6.45, 7) is 6.67. The highest BCUT2D eigenvalue weighted by Gasteiger charge is 2.29. The van der Waals surface area contributed by atoms with E-state index in [2.05, 4.69) is 19.2 Å². The van der Waals surface area contributed by atoms with Crippen molar-refractivity contribution in [3.63, 3.8) is 0 Å². The fourth-order valence-corrected chi connectivity index (χ4v) is 5.48. The average Bonchev–Trinajstić information content (AvgIpc) is 2.84. The standard InChI is InChI=1S/C29H41N3O4/c1-19(2)28(21-11-6-5-7-12-21)31-24-15-14-22(23(18-36-4)17-27(33)34)16-26(24)32(29(30)35)25-13-9-8-10-20(25)3/h8-10,13-16,19,21,23,28,31H,5-7,11-12,17-18H2,1-4H3,(H2,30,35)(H,33,34). The Morgan fingerprint density at radius 3 is 2.39 bits per heavy atom. The summed E-state index contributed by atoms with van der Waals surface area (Å²) in [7, 11) is 1.56. The molecule has 0 aromatic heterocycles. The first kappa shape index (κ1) is 27.5. The first-order valence-corrected chi connectivity index (χ1v) is 13.0. The lowest BCUT2D eigenvalue weighted by Gasteiger charge is -2.36. The van der Waals surface area contributed by atoms with Crippen LogP contribution in [0, 0.1) is 18.8 Å². The third-order valence-electron chi connectivity index (χ3n) is 7.30. The highest BCUT2D eigenvalue weighted by Crippen LogP contribution is 2.39. The fourth-order valence-electron chi connectivity index (χ4n) is 5.48. The Labute approximate surface area is 215 Å². The molecule has 0 heterocycles. The lowest BCUT2D eigenvalue weighted by atomic mass is 9.79. The monoisotopic (exact) mass is 495 g/mol. The van der Waals surface area contributed by atoms with Gasteiger partial charge in [0.15, 0.2) is 0 Å². The van der Waals surface area contributed by atoms with Gasteiger partial charge in [-0.1, -0.05) is 57.4 Å². The summed E-state index contributed by atoms with van der Waals surface area (Å²) >= 11 is 0. The van der Waals surface area contributed by atoms with Crippen LogP contribution in [0.2, 0.25) is 0 Å². The second-order valence-corrected chi connectivity index (χ2v) is 10.3. The Hall–Kier alpha value is -3.06. The molecule has 0 bridgehead atoms. The number of nitrogens with zero attached hydrogens (tertiary/aromatic N) is 1. The molecule has 1 aliphatic rings. The minimum atomic E-state index is -0.899. The molecular formula is C29H41N3O4. The molecule has 4 N–H and O–H groups in total. The average molecular weight is 496 g/mol. The van der Waals surface area contributed by atoms with Crippen molar-refractivity contribution in [2.75, 3.05) is 23.9 Å². The van der Waals surface area contributed by atoms with Crippen LogP contribution in [-0.4, -0.2) is 36.9 Å². The van der Waals surface area contributed by atoms with Gasteiger partial charge in [0.2, 0.25) is 0 Å². The van der Waals surface area contributed by atoms with Gasteiger partial charge in [0.1, 0.15) is 0 Å². The Bertz CT molecular complexity index is 1030. The van der Waals surface area contributed by atoms with Crippen LogP contribution in [0.25, 0.3) is 0 Å². The molecule has 1 fully saturated rings. The molecule has 2 unspecified atom stereocenters. The number of carboxylic acid groups (broad SMARTS) is 1. The van der Waals surface area contributed by atoms with Gasteiger partial charge in [-0.2, -0.15) is 0 Å². The Morgan fingerprint density at radius 1 is 1.11 bits per heavy atom. The molecule has 0 spiro atoms. The molecule has 2 atom stereocenters. The van der Waals surface area contributed by atoms with E-state index in [1.807, 2.05) is 49.4 Å². The number of hydrogen-bond acceptors (Lipinski definition) is 4. The number of primary amides is 1. The van der Waals surface area contributed by atoms with Crippen molar-refractivity contribution in [2.24, 2.45) is 17.6 Å². The summed E-state index contributed by atoms with van der Waals surface area (Å²) < 4.78 is 5.33. The second-order valence-electron chi connectivity index (χ2n) is 10.3. The summed E-state index contributed by atoms with van der Waals surface area (Å²) in [5.41, 5.74) is 9.83. The molecule has 3 rings (SSSR count). The van der Waals surface area contributed by atoms with Gasteiger partial charge in [-0.15, -0.1) is 0 Å². The molecule has 0 radical (unpaired) electrons. The first-order valence-electron chi connectivity index (χ1n) is 13.0. The van der Waals surface area contributed by atoms with Gasteiger partial charge in [0, 0.05) is 19.1 Å². The fraction of sp³-hybridized carbons (Fsp3) is 0.517. The van der Waals surface area contributed by atoms with Crippen molar-refractivity contribution in [1.29, 1.82) is 0 Å². The number of ether oxygens (including phenoxy) is 1. The number of methoxy groups -OCH3 is 1. The largest absolute Gasteiger partial charge is 0.481 e. The molecule has 2 aromatic carbocycles. The Balaban J connectivity index is 2.13. The molecule has 0 saturated heterocycles. The van der Waals surface area contributed by atoms with Crippen LogP contribution in [-0.2, 0) is 9.53 Å². The number of urea groups is 1. The van der Waals surface area contributed by atoms with Crippen LogP contribution in [0.1, 0.15) is 69.4 Å². The smallest absolute Gasteiger partial charge is 0.323 e. The van der Waals surface area contributed by atoms with Gasteiger partial charge >= 0.3 is 12.0 Å². The molecule has 196 valence electrons. The Kier molecular flexibility index (Phi) is 9.76. The van der Waals surface area contributed by atoms with Crippen LogP contribution in [0.3, 0.4) is 0 Å². The van der Waals surface area contributed by atoms with Gasteiger partial charge in [-0.25, -0.2) is 4.79 Å². The molecule has 0 aliphatic heterocycles. The topological polar surface area (TPSA) is 105 Å². The number of benzene rings is 2. The van der Waals surface area contributed by atoms with Gasteiger partial charge in [0.05, 0.1) is 30.1 Å². The number of carbonyl (C=O) groups is 2. The van der Waals surface area contributed by atoms with E-state index in [1.54, 1.807) is 7.11 Å². The first-order chi connectivity index (χ1) is 17.2. The highest BCUT2D eigenvalue weighted by atomic mass is 16.5. The molecule has 2 amide bonds. The van der Waals surface area contributed by atoms with Crippen molar-refractivity contribution in [3.05, 3.63) is 53.6 Å². The van der Waals surface area contributed by atoms with E-state index in [-0.39, 0.29) is 25.0 Å². The zero-order valence-corrected chi connectivity index (χ0v) is 22.0. The summed E-state index contributed by atoms with van der Waals surface area (Å²) in [4.78, 5) is 26.0. The van der Waals surface area contributed by atoms with Crippen LogP contribution in [0.4, 0.5) is 21.9 Å². The molecule has 2 aromatic rings. The quantitative estimate of drug-likeness (QED) is 0.333. The summed E-state index contributed by atoms with van der Waals surface area (Å²) in [6, 6.07) is 13.1. The van der Waals surface area contributed by atoms with E-state index in [9.17, 15) is 14.7 Å². The number of hydrogen-bond donors (Lipinski definition) is 3. The van der Waals surface area contributed by atoms with E-state index in [0.717, 1.165) is 16.8 Å². The number of anilines is 3. The third-order valence-corrected chi connectivity index (χ3v) is 7.30. The third kappa shape index (κ3) is 6.78. The number of para-hydroxylation sites is 1. The lowest BCUT2D eigenvalue weighted by molar-refractivity contribution is -0.137.